The van der Waals surface area contributed by atoms with Crippen LogP contribution in [0.4, 0.5) is 5.69 Å². The topological polar surface area (TPSA) is 91.4 Å². The minimum Gasteiger partial charge on any atom is -0.497 e. The predicted molar refractivity (Wildman–Crippen MR) is 141 cm³/mol. The Labute approximate surface area is 218 Å². The van der Waals surface area contributed by atoms with Crippen molar-refractivity contribution in [2.24, 2.45) is 0 Å². The Bertz CT molecular complexity index is 1110. The average molecular weight is 509 g/mol. The largest absolute Gasteiger partial charge is 0.497 e. The summed E-state index contributed by atoms with van der Waals surface area (Å²) in [5.41, 5.74) is 0.604. The van der Waals surface area contributed by atoms with Crippen molar-refractivity contribution >= 4 is 23.4 Å². The molecule has 0 aliphatic carbocycles. The lowest BCUT2D eigenvalue weighted by Gasteiger charge is -2.43. The molecule has 1 unspecified atom stereocenters. The summed E-state index contributed by atoms with van der Waals surface area (Å²) in [7, 11) is 3.10. The van der Waals surface area contributed by atoms with Crippen molar-refractivity contribution in [3.8, 4) is 11.5 Å². The Balaban J connectivity index is 1.54. The predicted octanol–water partition coefficient (Wildman–Crippen LogP) is 2.90. The van der Waals surface area contributed by atoms with Crippen molar-refractivity contribution in [2.75, 3.05) is 45.4 Å². The summed E-state index contributed by atoms with van der Waals surface area (Å²) >= 11 is 0. The number of nitrogens with zero attached hydrogens (tertiary/aromatic N) is 3. The van der Waals surface area contributed by atoms with Crippen LogP contribution in [-0.2, 0) is 9.59 Å². The number of nitrogens with one attached hydrogen (secondary N) is 1. The first kappa shape index (κ1) is 26.3. The number of benzene rings is 2. The summed E-state index contributed by atoms with van der Waals surface area (Å²) in [5.74, 6) is 0.735. The van der Waals surface area contributed by atoms with Crippen molar-refractivity contribution in [1.82, 2.24) is 15.1 Å². The molecule has 1 atom stereocenters. The molecule has 1 spiro atoms. The van der Waals surface area contributed by atoms with Crippen LogP contribution in [0.1, 0.15) is 43.5 Å². The molecule has 198 valence electrons. The van der Waals surface area contributed by atoms with E-state index in [1.54, 1.807) is 42.2 Å². The fourth-order valence-corrected chi connectivity index (χ4v) is 5.11. The highest BCUT2D eigenvalue weighted by Crippen LogP contribution is 2.40. The smallest absolute Gasteiger partial charge is 0.254 e. The van der Waals surface area contributed by atoms with Gasteiger partial charge in [0, 0.05) is 36.4 Å². The maximum Gasteiger partial charge on any atom is 0.254 e. The van der Waals surface area contributed by atoms with E-state index in [2.05, 4.69) is 10.2 Å². The van der Waals surface area contributed by atoms with Crippen LogP contribution in [0.15, 0.2) is 48.5 Å². The van der Waals surface area contributed by atoms with E-state index >= 15 is 0 Å². The van der Waals surface area contributed by atoms with E-state index < -0.39 is 5.54 Å². The van der Waals surface area contributed by atoms with Crippen LogP contribution in [0.5, 0.6) is 11.5 Å². The molecule has 2 aromatic rings. The minimum absolute atomic E-state index is 0.0144. The second-order valence-electron chi connectivity index (χ2n) is 9.71. The van der Waals surface area contributed by atoms with Gasteiger partial charge in [0.1, 0.15) is 23.6 Å². The maximum absolute atomic E-state index is 13.8. The highest BCUT2D eigenvalue weighted by atomic mass is 16.5. The van der Waals surface area contributed by atoms with Gasteiger partial charge < -0.3 is 29.5 Å². The number of rotatable bonds is 8. The zero-order valence-electron chi connectivity index (χ0n) is 22.0. The number of hydrogen-bond donors (Lipinski definition) is 1. The highest BCUT2D eigenvalue weighted by molar-refractivity contribution is 5.98. The lowest BCUT2D eigenvalue weighted by Crippen LogP contribution is -2.57. The van der Waals surface area contributed by atoms with Gasteiger partial charge in [-0.1, -0.05) is 25.1 Å². The summed E-state index contributed by atoms with van der Waals surface area (Å²) in [5, 5.41) is 2.96. The van der Waals surface area contributed by atoms with Crippen LogP contribution in [-0.4, -0.2) is 79.6 Å². The summed E-state index contributed by atoms with van der Waals surface area (Å²) in [6.07, 6.45) is 1.76. The lowest BCUT2D eigenvalue weighted by molar-refractivity contribution is -0.137. The third-order valence-corrected chi connectivity index (χ3v) is 7.41. The number of methoxy groups -OCH3 is 2. The molecular formula is C28H36N4O5. The number of likely N-dealkylation sites (tertiary alicyclic amines) is 1. The fourth-order valence-electron chi connectivity index (χ4n) is 5.11. The molecule has 2 aliphatic rings. The summed E-state index contributed by atoms with van der Waals surface area (Å²) < 4.78 is 10.6. The third kappa shape index (κ3) is 5.35. The zero-order chi connectivity index (χ0) is 26.6. The van der Waals surface area contributed by atoms with Gasteiger partial charge in [-0.15, -0.1) is 0 Å². The second-order valence-corrected chi connectivity index (χ2v) is 9.71. The number of hydrogen-bond acceptors (Lipinski definition) is 6. The van der Waals surface area contributed by atoms with E-state index in [1.807, 2.05) is 44.2 Å². The number of para-hydroxylation sites is 1. The van der Waals surface area contributed by atoms with E-state index in [1.165, 1.54) is 0 Å². The monoisotopic (exact) mass is 508 g/mol. The molecular weight excluding hydrogens is 472 g/mol. The zero-order valence-corrected chi connectivity index (χ0v) is 22.0. The summed E-state index contributed by atoms with van der Waals surface area (Å²) in [6.45, 7) is 5.14. The number of carbonyl (C=O) groups excluding carboxylic acids is 3. The molecule has 2 aliphatic heterocycles. The van der Waals surface area contributed by atoms with Crippen molar-refractivity contribution in [1.29, 1.82) is 0 Å². The van der Waals surface area contributed by atoms with Gasteiger partial charge in [0.15, 0.2) is 0 Å². The first-order chi connectivity index (χ1) is 17.8. The number of piperidine rings is 1. The van der Waals surface area contributed by atoms with Crippen molar-refractivity contribution in [3.05, 3.63) is 54.1 Å². The van der Waals surface area contributed by atoms with Gasteiger partial charge in [-0.2, -0.15) is 0 Å². The third-order valence-electron chi connectivity index (χ3n) is 7.41. The van der Waals surface area contributed by atoms with Gasteiger partial charge in [0.05, 0.1) is 20.9 Å². The molecule has 4 rings (SSSR count). The molecule has 2 heterocycles. The molecule has 9 nitrogen and oxygen atoms in total. The van der Waals surface area contributed by atoms with Crippen molar-refractivity contribution in [3.63, 3.8) is 0 Å². The molecule has 0 bridgehead atoms. The van der Waals surface area contributed by atoms with Crippen LogP contribution in [0.3, 0.4) is 0 Å². The van der Waals surface area contributed by atoms with E-state index in [9.17, 15) is 14.4 Å². The Morgan fingerprint density at radius 1 is 1.03 bits per heavy atom. The summed E-state index contributed by atoms with van der Waals surface area (Å²) in [6, 6.07) is 15.0. The minimum atomic E-state index is -0.805. The van der Waals surface area contributed by atoms with Gasteiger partial charge in [-0.25, -0.2) is 0 Å². The Kier molecular flexibility index (Phi) is 7.90. The summed E-state index contributed by atoms with van der Waals surface area (Å²) in [4.78, 5) is 45.3. The molecule has 37 heavy (non-hydrogen) atoms. The highest BCUT2D eigenvalue weighted by Gasteiger charge is 2.54. The fraction of sp³-hybridized carbons (Fsp3) is 0.464. The molecule has 2 aromatic carbocycles. The van der Waals surface area contributed by atoms with Crippen molar-refractivity contribution in [2.45, 2.75) is 44.7 Å². The van der Waals surface area contributed by atoms with Gasteiger partial charge in [-0.05, 0) is 50.5 Å². The lowest BCUT2D eigenvalue weighted by atomic mass is 9.85. The van der Waals surface area contributed by atoms with Gasteiger partial charge in [0.2, 0.25) is 5.91 Å². The van der Waals surface area contributed by atoms with E-state index in [0.717, 1.165) is 12.1 Å². The Hall–Kier alpha value is -3.75. The van der Waals surface area contributed by atoms with E-state index in [-0.39, 0.29) is 30.3 Å². The maximum atomic E-state index is 13.8. The molecule has 0 radical (unpaired) electrons. The normalized spacial score (nSPS) is 17.6. The average Bonchev–Trinajstić information content (AvgIpc) is 3.19. The molecule has 9 heteroatoms. The van der Waals surface area contributed by atoms with Crippen molar-refractivity contribution < 1.29 is 23.9 Å². The number of anilines is 1. The van der Waals surface area contributed by atoms with Gasteiger partial charge in [0.25, 0.3) is 11.8 Å². The standard InChI is InChI=1S/C28H36N4O5/c1-5-20(2)29-25(33)18-31-19-32(22-9-7-6-8-10-22)28(27(31)35)11-13-30(14-12-28)26(34)21-15-23(36-3)17-24(16-21)37-4/h6-10,15-17,20H,5,11-14,18-19H2,1-4H3,(H,29,33). The molecule has 2 fully saturated rings. The first-order valence-corrected chi connectivity index (χ1v) is 12.7. The Morgan fingerprint density at radius 3 is 2.22 bits per heavy atom. The quantitative estimate of drug-likeness (QED) is 0.590. The molecule has 0 aromatic heterocycles. The van der Waals surface area contributed by atoms with E-state index in [4.69, 9.17) is 9.47 Å². The van der Waals surface area contributed by atoms with Crippen LogP contribution in [0, 0.1) is 0 Å². The van der Waals surface area contributed by atoms with Crippen LogP contribution >= 0.6 is 0 Å². The molecule has 2 saturated heterocycles. The van der Waals surface area contributed by atoms with Gasteiger partial charge in [-0.3, -0.25) is 14.4 Å². The molecule has 3 amide bonds. The SMILES string of the molecule is CCC(C)NC(=O)CN1CN(c2ccccc2)C2(CCN(C(=O)c3cc(OC)cc(OC)c3)CC2)C1=O. The van der Waals surface area contributed by atoms with Gasteiger partial charge >= 0.3 is 0 Å². The Morgan fingerprint density at radius 2 is 1.65 bits per heavy atom. The number of carbonyl (C=O) groups is 3. The number of ether oxygens (including phenoxy) is 2. The molecule has 0 saturated carbocycles. The van der Waals surface area contributed by atoms with Crippen LogP contribution in [0.2, 0.25) is 0 Å². The van der Waals surface area contributed by atoms with Crippen LogP contribution < -0.4 is 19.7 Å². The first-order valence-electron chi connectivity index (χ1n) is 12.7. The van der Waals surface area contributed by atoms with Crippen LogP contribution in [0.25, 0.3) is 0 Å². The second kappa shape index (κ2) is 11.1. The number of amides is 3. The van der Waals surface area contributed by atoms with E-state index in [0.29, 0.717) is 49.7 Å². The molecule has 1 N–H and O–H groups in total.